The minimum Gasteiger partial charge on any atom is -0.468 e. The molecule has 1 aromatic heterocycles. The summed E-state index contributed by atoms with van der Waals surface area (Å²) in [5, 5.41) is 7.11. The zero-order chi connectivity index (χ0) is 15.1. The smallest absolute Gasteiger partial charge is 0.327 e. The summed E-state index contributed by atoms with van der Waals surface area (Å²) in [4.78, 5) is 23.2. The summed E-state index contributed by atoms with van der Waals surface area (Å²) in [5.74, 6) is -0.530. The van der Waals surface area contributed by atoms with Crippen molar-refractivity contribution in [1.29, 1.82) is 0 Å². The summed E-state index contributed by atoms with van der Waals surface area (Å²) in [6.45, 7) is 2.31. The predicted octanol–water partition coefficient (Wildman–Crippen LogP) is 1.02. The van der Waals surface area contributed by atoms with E-state index < -0.39 is 11.5 Å². The van der Waals surface area contributed by atoms with Crippen LogP contribution in [0.2, 0.25) is 0 Å². The molecule has 1 aromatic rings. The molecular weight excluding hydrogens is 330 g/mol. The van der Waals surface area contributed by atoms with Gasteiger partial charge >= 0.3 is 5.97 Å². The standard InChI is InChI=1S/C12H18BrN3O4/c1-4-8(7-19-2)15-9-5-14-16(6-10(17)20-3)12(18)11(9)13/h5,8,15H,4,6-7H2,1-3H3. The molecule has 0 aliphatic carbocycles. The monoisotopic (exact) mass is 347 g/mol. The van der Waals surface area contributed by atoms with Crippen molar-refractivity contribution in [2.75, 3.05) is 26.1 Å². The highest BCUT2D eigenvalue weighted by Gasteiger charge is 2.14. The fraction of sp³-hybridized carbons (Fsp3) is 0.583. The fourth-order valence-corrected chi connectivity index (χ4v) is 1.97. The number of carbonyl (C=O) groups excluding carboxylic acids is 1. The molecule has 0 aliphatic heterocycles. The number of anilines is 1. The Labute approximate surface area is 125 Å². The molecule has 1 heterocycles. The topological polar surface area (TPSA) is 82.4 Å². The molecule has 8 heteroatoms. The van der Waals surface area contributed by atoms with E-state index in [1.165, 1.54) is 13.3 Å². The number of carbonyl (C=O) groups is 1. The van der Waals surface area contributed by atoms with E-state index in [1.807, 2.05) is 6.92 Å². The van der Waals surface area contributed by atoms with Crippen LogP contribution in [0.3, 0.4) is 0 Å². The van der Waals surface area contributed by atoms with Gasteiger partial charge in [0.1, 0.15) is 11.0 Å². The Morgan fingerprint density at radius 3 is 2.80 bits per heavy atom. The Morgan fingerprint density at radius 1 is 1.55 bits per heavy atom. The number of hydrogen-bond acceptors (Lipinski definition) is 6. The molecule has 0 spiro atoms. The second-order valence-electron chi connectivity index (χ2n) is 4.12. The van der Waals surface area contributed by atoms with Crippen molar-refractivity contribution in [2.24, 2.45) is 0 Å². The first-order valence-corrected chi connectivity index (χ1v) is 6.90. The van der Waals surface area contributed by atoms with Gasteiger partial charge in [-0.15, -0.1) is 0 Å². The zero-order valence-electron chi connectivity index (χ0n) is 11.7. The Bertz CT molecular complexity index is 518. The number of nitrogens with zero attached hydrogens (tertiary/aromatic N) is 2. The second-order valence-corrected chi connectivity index (χ2v) is 4.91. The van der Waals surface area contributed by atoms with Crippen LogP contribution in [0.25, 0.3) is 0 Å². The molecule has 7 nitrogen and oxygen atoms in total. The molecule has 0 radical (unpaired) electrons. The van der Waals surface area contributed by atoms with Crippen molar-refractivity contribution in [3.8, 4) is 0 Å². The molecular formula is C12H18BrN3O4. The first-order valence-electron chi connectivity index (χ1n) is 6.11. The van der Waals surface area contributed by atoms with Gasteiger partial charge in [0.2, 0.25) is 0 Å². The van der Waals surface area contributed by atoms with Gasteiger partial charge in [0.05, 0.1) is 25.6 Å². The fourth-order valence-electron chi connectivity index (χ4n) is 1.55. The Balaban J connectivity index is 2.94. The molecule has 0 saturated carbocycles. The van der Waals surface area contributed by atoms with Crippen LogP contribution in [0.1, 0.15) is 13.3 Å². The van der Waals surface area contributed by atoms with Gasteiger partial charge < -0.3 is 14.8 Å². The maximum atomic E-state index is 12.0. The van der Waals surface area contributed by atoms with Crippen molar-refractivity contribution in [2.45, 2.75) is 25.9 Å². The van der Waals surface area contributed by atoms with E-state index in [9.17, 15) is 9.59 Å². The van der Waals surface area contributed by atoms with Crippen LogP contribution >= 0.6 is 15.9 Å². The van der Waals surface area contributed by atoms with Crippen LogP contribution in [0, 0.1) is 0 Å². The number of esters is 1. The van der Waals surface area contributed by atoms with Crippen LogP contribution in [-0.2, 0) is 20.8 Å². The van der Waals surface area contributed by atoms with Gasteiger partial charge in [-0.05, 0) is 22.4 Å². The Kier molecular flexibility index (Phi) is 6.66. The third-order valence-electron chi connectivity index (χ3n) is 2.71. The number of methoxy groups -OCH3 is 2. The lowest BCUT2D eigenvalue weighted by Crippen LogP contribution is -2.30. The van der Waals surface area contributed by atoms with Crippen molar-refractivity contribution >= 4 is 27.6 Å². The highest BCUT2D eigenvalue weighted by molar-refractivity contribution is 9.10. The molecule has 1 atom stereocenters. The minimum atomic E-state index is -0.530. The first-order chi connectivity index (χ1) is 9.53. The molecule has 0 bridgehead atoms. The number of halogens is 1. The summed E-state index contributed by atoms with van der Waals surface area (Å²) in [7, 11) is 2.88. The second kappa shape index (κ2) is 8.01. The van der Waals surface area contributed by atoms with Gasteiger partial charge in [-0.2, -0.15) is 5.10 Å². The van der Waals surface area contributed by atoms with Gasteiger partial charge in [0.15, 0.2) is 0 Å². The molecule has 1 rings (SSSR count). The van der Waals surface area contributed by atoms with E-state index in [2.05, 4.69) is 31.1 Å². The molecule has 1 unspecified atom stereocenters. The van der Waals surface area contributed by atoms with Crippen LogP contribution in [0.4, 0.5) is 5.69 Å². The lowest BCUT2D eigenvalue weighted by molar-refractivity contribution is -0.141. The van der Waals surface area contributed by atoms with Crippen molar-refractivity contribution in [3.05, 3.63) is 21.0 Å². The maximum absolute atomic E-state index is 12.0. The zero-order valence-corrected chi connectivity index (χ0v) is 13.3. The lowest BCUT2D eigenvalue weighted by Gasteiger charge is -2.18. The van der Waals surface area contributed by atoms with E-state index in [4.69, 9.17) is 4.74 Å². The van der Waals surface area contributed by atoms with Gasteiger partial charge in [0.25, 0.3) is 5.56 Å². The lowest BCUT2D eigenvalue weighted by atomic mass is 10.2. The van der Waals surface area contributed by atoms with Crippen molar-refractivity contribution in [1.82, 2.24) is 9.78 Å². The quantitative estimate of drug-likeness (QED) is 0.741. The summed E-state index contributed by atoms with van der Waals surface area (Å²) in [6.07, 6.45) is 2.33. The highest BCUT2D eigenvalue weighted by Crippen LogP contribution is 2.18. The van der Waals surface area contributed by atoms with Crippen molar-refractivity contribution in [3.63, 3.8) is 0 Å². The van der Waals surface area contributed by atoms with Crippen molar-refractivity contribution < 1.29 is 14.3 Å². The Morgan fingerprint density at radius 2 is 2.25 bits per heavy atom. The summed E-state index contributed by atoms with van der Waals surface area (Å²) >= 11 is 3.22. The van der Waals surface area contributed by atoms with Crippen LogP contribution in [0.15, 0.2) is 15.5 Å². The predicted molar refractivity (Wildman–Crippen MR) is 77.8 cm³/mol. The van der Waals surface area contributed by atoms with E-state index in [0.717, 1.165) is 11.1 Å². The number of rotatable bonds is 7. The number of aromatic nitrogens is 2. The van der Waals surface area contributed by atoms with Crippen LogP contribution in [0.5, 0.6) is 0 Å². The van der Waals surface area contributed by atoms with E-state index in [1.54, 1.807) is 7.11 Å². The largest absolute Gasteiger partial charge is 0.468 e. The normalized spacial score (nSPS) is 12.0. The van der Waals surface area contributed by atoms with Crippen LogP contribution < -0.4 is 10.9 Å². The van der Waals surface area contributed by atoms with Crippen LogP contribution in [-0.4, -0.2) is 42.6 Å². The number of hydrogen-bond donors (Lipinski definition) is 1. The average molecular weight is 348 g/mol. The van der Waals surface area contributed by atoms with E-state index in [-0.39, 0.29) is 12.6 Å². The number of nitrogens with one attached hydrogen (secondary N) is 1. The highest BCUT2D eigenvalue weighted by atomic mass is 79.9. The van der Waals surface area contributed by atoms with Gasteiger partial charge in [-0.25, -0.2) is 4.68 Å². The molecule has 0 saturated heterocycles. The van der Waals surface area contributed by atoms with E-state index in [0.29, 0.717) is 16.8 Å². The first kappa shape index (κ1) is 16.6. The Hall–Kier alpha value is -1.41. The molecule has 0 fully saturated rings. The van der Waals surface area contributed by atoms with Gasteiger partial charge in [-0.3, -0.25) is 9.59 Å². The molecule has 20 heavy (non-hydrogen) atoms. The summed E-state index contributed by atoms with van der Waals surface area (Å²) in [6, 6.07) is 0.0777. The third-order valence-corrected chi connectivity index (χ3v) is 3.48. The molecule has 1 N–H and O–H groups in total. The third kappa shape index (κ3) is 4.31. The number of ether oxygens (including phenoxy) is 2. The SMILES string of the molecule is CCC(COC)Nc1cnn(CC(=O)OC)c(=O)c1Br. The molecule has 112 valence electrons. The van der Waals surface area contributed by atoms with Gasteiger partial charge in [-0.1, -0.05) is 6.92 Å². The minimum absolute atomic E-state index is 0.0777. The average Bonchev–Trinajstić information content (AvgIpc) is 2.45. The molecule has 0 aromatic carbocycles. The molecule has 0 amide bonds. The summed E-state index contributed by atoms with van der Waals surface area (Å²) < 4.78 is 11.0. The maximum Gasteiger partial charge on any atom is 0.327 e. The van der Waals surface area contributed by atoms with E-state index >= 15 is 0 Å². The van der Waals surface area contributed by atoms with Gasteiger partial charge in [0, 0.05) is 13.2 Å². The molecule has 0 aliphatic rings. The summed E-state index contributed by atoms with van der Waals surface area (Å²) in [5.41, 5.74) is 0.174.